The highest BCUT2D eigenvalue weighted by atomic mass is 79.9. The highest BCUT2D eigenvalue weighted by Crippen LogP contribution is 2.21. The number of hydrogen-bond acceptors (Lipinski definition) is 6. The van der Waals surface area contributed by atoms with Gasteiger partial charge in [-0.1, -0.05) is 15.9 Å². The molecule has 0 saturated carbocycles. The first-order valence-electron chi connectivity index (χ1n) is 6.06. The number of methoxy groups -OCH3 is 1. The summed E-state index contributed by atoms with van der Waals surface area (Å²) in [6.45, 7) is 0. The van der Waals surface area contributed by atoms with Crippen molar-refractivity contribution in [3.8, 4) is 5.75 Å². The summed E-state index contributed by atoms with van der Waals surface area (Å²) < 4.78 is 7.79. The lowest BCUT2D eigenvalue weighted by atomic mass is 10.2. The molecule has 0 spiro atoms. The molecule has 7 nitrogen and oxygen atoms in total. The minimum Gasteiger partial charge on any atom is -0.496 e. The minimum absolute atomic E-state index is 0.590. The lowest BCUT2D eigenvalue weighted by molar-refractivity contribution is 0.414. The maximum Gasteiger partial charge on any atom is 0.177 e. The van der Waals surface area contributed by atoms with Crippen LogP contribution in [0.3, 0.4) is 0 Å². The van der Waals surface area contributed by atoms with Gasteiger partial charge in [-0.15, -0.1) is 15.3 Å². The first-order valence-corrected chi connectivity index (χ1v) is 6.85. The van der Waals surface area contributed by atoms with Crippen molar-refractivity contribution in [1.82, 2.24) is 19.8 Å². The summed E-state index contributed by atoms with van der Waals surface area (Å²) in [5.74, 6) is 1.33. The fraction of sp³-hybridized carbons (Fsp3) is 0.0769. The Morgan fingerprint density at radius 1 is 1.33 bits per heavy atom. The Kier molecular flexibility index (Phi) is 3.78. The van der Waals surface area contributed by atoms with Crippen LogP contribution < -0.4 is 10.2 Å². The van der Waals surface area contributed by atoms with Crippen LogP contribution in [-0.2, 0) is 0 Å². The third kappa shape index (κ3) is 3.00. The third-order valence-electron chi connectivity index (χ3n) is 2.74. The van der Waals surface area contributed by atoms with Crippen LogP contribution in [0.25, 0.3) is 5.65 Å². The Hall–Kier alpha value is -2.48. The number of rotatable bonds is 4. The van der Waals surface area contributed by atoms with Gasteiger partial charge in [0.25, 0.3) is 0 Å². The molecule has 8 heteroatoms. The van der Waals surface area contributed by atoms with Gasteiger partial charge in [-0.05, 0) is 30.3 Å². The van der Waals surface area contributed by atoms with Crippen LogP contribution in [0.4, 0.5) is 5.82 Å². The number of hydrazone groups is 1. The molecule has 0 unspecified atom stereocenters. The summed E-state index contributed by atoms with van der Waals surface area (Å²) in [7, 11) is 1.62. The SMILES string of the molecule is COc1ccc(Br)cc1C=NNc1ccc2nncn2n1. The van der Waals surface area contributed by atoms with E-state index in [4.69, 9.17) is 4.74 Å². The number of halogens is 1. The highest BCUT2D eigenvalue weighted by Gasteiger charge is 2.01. The smallest absolute Gasteiger partial charge is 0.177 e. The Morgan fingerprint density at radius 3 is 3.10 bits per heavy atom. The van der Waals surface area contributed by atoms with E-state index in [2.05, 4.69) is 41.8 Å². The number of benzene rings is 1. The van der Waals surface area contributed by atoms with E-state index in [9.17, 15) is 0 Å². The highest BCUT2D eigenvalue weighted by molar-refractivity contribution is 9.10. The molecular formula is C13H11BrN6O. The number of nitrogens with zero attached hydrogens (tertiary/aromatic N) is 5. The van der Waals surface area contributed by atoms with E-state index in [1.54, 1.807) is 30.0 Å². The van der Waals surface area contributed by atoms with Gasteiger partial charge in [0, 0.05) is 10.0 Å². The Labute approximate surface area is 128 Å². The van der Waals surface area contributed by atoms with Crippen molar-refractivity contribution in [3.05, 3.63) is 46.7 Å². The first kappa shape index (κ1) is 13.5. The molecule has 3 aromatic rings. The molecule has 1 N–H and O–H groups in total. The average Bonchev–Trinajstić information content (AvgIpc) is 2.95. The fourth-order valence-corrected chi connectivity index (χ4v) is 2.14. The van der Waals surface area contributed by atoms with Crippen molar-refractivity contribution < 1.29 is 4.74 Å². The Morgan fingerprint density at radius 2 is 2.24 bits per heavy atom. The van der Waals surface area contributed by atoms with Gasteiger partial charge in [-0.3, -0.25) is 5.43 Å². The van der Waals surface area contributed by atoms with Gasteiger partial charge in [0.1, 0.15) is 12.1 Å². The molecular weight excluding hydrogens is 336 g/mol. The third-order valence-corrected chi connectivity index (χ3v) is 3.23. The second-order valence-electron chi connectivity index (χ2n) is 4.11. The second kappa shape index (κ2) is 5.88. The molecule has 0 fully saturated rings. The average molecular weight is 347 g/mol. The molecule has 2 aromatic heterocycles. The Balaban J connectivity index is 1.78. The maximum atomic E-state index is 5.27. The first-order chi connectivity index (χ1) is 10.3. The zero-order chi connectivity index (χ0) is 14.7. The van der Waals surface area contributed by atoms with Crippen molar-refractivity contribution in [2.45, 2.75) is 0 Å². The van der Waals surface area contributed by atoms with E-state index in [0.29, 0.717) is 11.5 Å². The van der Waals surface area contributed by atoms with Crippen molar-refractivity contribution >= 4 is 33.6 Å². The molecule has 0 aliphatic carbocycles. The molecule has 106 valence electrons. The van der Waals surface area contributed by atoms with Gasteiger partial charge in [0.05, 0.1) is 13.3 Å². The molecule has 0 amide bonds. The molecule has 1 aromatic carbocycles. The van der Waals surface area contributed by atoms with Crippen molar-refractivity contribution in [3.63, 3.8) is 0 Å². The van der Waals surface area contributed by atoms with Gasteiger partial charge in [-0.2, -0.15) is 9.62 Å². The zero-order valence-electron chi connectivity index (χ0n) is 11.1. The molecule has 2 heterocycles. The molecule has 0 radical (unpaired) electrons. The van der Waals surface area contributed by atoms with Crippen molar-refractivity contribution in [1.29, 1.82) is 0 Å². The number of anilines is 1. The predicted octanol–water partition coefficient (Wildman–Crippen LogP) is 2.34. The van der Waals surface area contributed by atoms with Gasteiger partial charge < -0.3 is 4.74 Å². The summed E-state index contributed by atoms with van der Waals surface area (Å²) in [5, 5.41) is 16.1. The molecule has 21 heavy (non-hydrogen) atoms. The van der Waals surface area contributed by atoms with Gasteiger partial charge in [0.15, 0.2) is 11.5 Å². The van der Waals surface area contributed by atoms with Crippen LogP contribution in [-0.4, -0.2) is 33.1 Å². The molecule has 3 rings (SSSR count). The van der Waals surface area contributed by atoms with Crippen molar-refractivity contribution in [2.24, 2.45) is 5.10 Å². The fourth-order valence-electron chi connectivity index (χ4n) is 1.76. The summed E-state index contributed by atoms with van der Waals surface area (Å²) >= 11 is 3.42. The largest absolute Gasteiger partial charge is 0.496 e. The number of aromatic nitrogens is 4. The molecule has 0 aliphatic rings. The summed E-state index contributed by atoms with van der Waals surface area (Å²) in [5.41, 5.74) is 4.39. The van der Waals surface area contributed by atoms with E-state index in [1.807, 2.05) is 18.2 Å². The van der Waals surface area contributed by atoms with E-state index in [1.165, 1.54) is 6.33 Å². The topological polar surface area (TPSA) is 76.7 Å². The van der Waals surface area contributed by atoms with Crippen molar-refractivity contribution in [2.75, 3.05) is 12.5 Å². The van der Waals surface area contributed by atoms with E-state index < -0.39 is 0 Å². The molecule has 0 saturated heterocycles. The van der Waals surface area contributed by atoms with Crippen LogP contribution in [0.1, 0.15) is 5.56 Å². The standard InChI is InChI=1S/C13H11BrN6O/c1-21-11-3-2-10(14)6-9(11)7-15-17-12-4-5-13-18-16-8-20(13)19-12/h2-8H,1H3,(H,17,19). The number of ether oxygens (including phenoxy) is 1. The van der Waals surface area contributed by atoms with Crippen LogP contribution >= 0.6 is 15.9 Å². The van der Waals surface area contributed by atoms with Gasteiger partial charge >= 0.3 is 0 Å². The monoisotopic (exact) mass is 346 g/mol. The molecule has 0 aliphatic heterocycles. The van der Waals surface area contributed by atoms with Crippen LogP contribution in [0.15, 0.2) is 46.2 Å². The summed E-state index contributed by atoms with van der Waals surface area (Å²) in [4.78, 5) is 0. The second-order valence-corrected chi connectivity index (χ2v) is 5.02. The van der Waals surface area contributed by atoms with Crippen LogP contribution in [0, 0.1) is 0 Å². The van der Waals surface area contributed by atoms with E-state index in [0.717, 1.165) is 15.8 Å². The van der Waals surface area contributed by atoms with Crippen LogP contribution in [0.2, 0.25) is 0 Å². The lowest BCUT2D eigenvalue weighted by Crippen LogP contribution is -1.98. The lowest BCUT2D eigenvalue weighted by Gasteiger charge is -2.04. The van der Waals surface area contributed by atoms with Crippen LogP contribution in [0.5, 0.6) is 5.75 Å². The Bertz CT molecular complexity index is 800. The van der Waals surface area contributed by atoms with E-state index in [-0.39, 0.29) is 0 Å². The van der Waals surface area contributed by atoms with Gasteiger partial charge in [-0.25, -0.2) is 0 Å². The number of fused-ring (bicyclic) bond motifs is 1. The van der Waals surface area contributed by atoms with E-state index >= 15 is 0 Å². The van der Waals surface area contributed by atoms with Gasteiger partial charge in [0.2, 0.25) is 0 Å². The normalized spacial score (nSPS) is 11.1. The molecule has 0 bridgehead atoms. The number of hydrogen-bond donors (Lipinski definition) is 1. The zero-order valence-corrected chi connectivity index (χ0v) is 12.6. The summed E-state index contributed by atoms with van der Waals surface area (Å²) in [6.07, 6.45) is 3.20. The maximum absolute atomic E-state index is 5.27. The molecule has 0 atom stereocenters. The predicted molar refractivity (Wildman–Crippen MR) is 82.7 cm³/mol. The number of nitrogens with one attached hydrogen (secondary N) is 1. The summed E-state index contributed by atoms with van der Waals surface area (Å²) in [6, 6.07) is 9.27. The quantitative estimate of drug-likeness (QED) is 0.579. The minimum atomic E-state index is 0.590.